The van der Waals surface area contributed by atoms with Crippen LogP contribution >= 0.6 is 0 Å². The highest BCUT2D eigenvalue weighted by Crippen LogP contribution is 2.46. The van der Waals surface area contributed by atoms with Gasteiger partial charge in [-0.2, -0.15) is 0 Å². The van der Waals surface area contributed by atoms with E-state index in [-0.39, 0.29) is 5.56 Å². The molecule has 5 heteroatoms. The van der Waals surface area contributed by atoms with Crippen molar-refractivity contribution < 1.29 is 18.7 Å². The number of carbonyl (C=O) groups is 1. The van der Waals surface area contributed by atoms with Gasteiger partial charge in [0.05, 0.1) is 12.2 Å². The molecule has 0 spiro atoms. The molecule has 1 N–H and O–H groups in total. The van der Waals surface area contributed by atoms with Crippen molar-refractivity contribution >= 4 is 5.97 Å². The van der Waals surface area contributed by atoms with Crippen LogP contribution in [0.3, 0.4) is 0 Å². The van der Waals surface area contributed by atoms with E-state index < -0.39 is 17.4 Å². The zero-order chi connectivity index (χ0) is 17.5. The molecule has 1 aromatic rings. The first-order chi connectivity index (χ1) is 11.3. The fraction of sp³-hybridized carbons (Fsp3) is 0.632. The Balaban J connectivity index is 1.89. The minimum atomic E-state index is -0.649. The lowest BCUT2D eigenvalue weighted by molar-refractivity contribution is 0.00643. The van der Waals surface area contributed by atoms with Gasteiger partial charge in [-0.1, -0.05) is 0 Å². The van der Waals surface area contributed by atoms with E-state index in [2.05, 4.69) is 5.32 Å². The molecule has 1 saturated carbocycles. The van der Waals surface area contributed by atoms with E-state index in [0.717, 1.165) is 31.5 Å². The molecule has 1 heterocycles. The molecule has 0 radical (unpaired) electrons. The summed E-state index contributed by atoms with van der Waals surface area (Å²) < 4.78 is 26.1. The minimum absolute atomic E-state index is 0.0157. The zero-order valence-corrected chi connectivity index (χ0v) is 14.9. The van der Waals surface area contributed by atoms with E-state index in [1.54, 1.807) is 33.8 Å². The summed E-state index contributed by atoms with van der Waals surface area (Å²) in [6.45, 7) is 9.49. The molecule has 1 saturated heterocycles. The number of benzene rings is 1. The van der Waals surface area contributed by atoms with Gasteiger partial charge in [0.15, 0.2) is 0 Å². The monoisotopic (exact) mass is 335 g/mol. The molecule has 1 aromatic carbocycles. The van der Waals surface area contributed by atoms with Crippen LogP contribution in [0.5, 0.6) is 5.75 Å². The van der Waals surface area contributed by atoms with Gasteiger partial charge in [0, 0.05) is 24.6 Å². The predicted molar refractivity (Wildman–Crippen MR) is 90.1 cm³/mol. The Morgan fingerprint density at radius 3 is 2.50 bits per heavy atom. The van der Waals surface area contributed by atoms with Crippen LogP contribution in [0.4, 0.5) is 4.39 Å². The van der Waals surface area contributed by atoms with Crippen LogP contribution in [0.25, 0.3) is 0 Å². The molecule has 4 nitrogen and oxygen atoms in total. The predicted octanol–water partition coefficient (Wildman–Crippen LogP) is 3.57. The van der Waals surface area contributed by atoms with Crippen molar-refractivity contribution in [3.05, 3.63) is 28.6 Å². The maximum atomic E-state index is 14.8. The van der Waals surface area contributed by atoms with Crippen LogP contribution < -0.4 is 10.1 Å². The normalized spacial score (nSPS) is 18.2. The van der Waals surface area contributed by atoms with Crippen LogP contribution in [-0.4, -0.2) is 31.3 Å². The Bertz CT molecular complexity index is 643. The van der Waals surface area contributed by atoms with E-state index in [9.17, 15) is 9.18 Å². The second-order valence-electron chi connectivity index (χ2n) is 7.89. The van der Waals surface area contributed by atoms with E-state index in [0.29, 0.717) is 29.8 Å². The smallest absolute Gasteiger partial charge is 0.341 e. The summed E-state index contributed by atoms with van der Waals surface area (Å²) in [6.07, 6.45) is 2.11. The SMILES string of the molecule is Cc1c(F)c(C(=O)OC(C)(C)C)cc(C2CC2)c1OCC1CNC1. The lowest BCUT2D eigenvalue weighted by Gasteiger charge is -2.28. The maximum absolute atomic E-state index is 14.8. The van der Waals surface area contributed by atoms with Crippen molar-refractivity contribution in [2.75, 3.05) is 19.7 Å². The average Bonchev–Trinajstić information content (AvgIpc) is 3.24. The first-order valence-electron chi connectivity index (χ1n) is 8.66. The molecule has 2 fully saturated rings. The molecule has 0 bridgehead atoms. The Labute approximate surface area is 142 Å². The third-order valence-electron chi connectivity index (χ3n) is 4.43. The number of carbonyl (C=O) groups excluding carboxylic acids is 1. The summed E-state index contributed by atoms with van der Waals surface area (Å²) in [5.74, 6) is 0.314. The zero-order valence-electron chi connectivity index (χ0n) is 14.9. The van der Waals surface area contributed by atoms with Gasteiger partial charge in [-0.15, -0.1) is 0 Å². The molecule has 3 rings (SSSR count). The van der Waals surface area contributed by atoms with Crippen LogP contribution in [0, 0.1) is 18.7 Å². The van der Waals surface area contributed by atoms with Crippen LogP contribution in [0.15, 0.2) is 6.07 Å². The van der Waals surface area contributed by atoms with Gasteiger partial charge in [0.1, 0.15) is 17.2 Å². The van der Waals surface area contributed by atoms with Crippen molar-refractivity contribution in [2.24, 2.45) is 5.92 Å². The molecule has 24 heavy (non-hydrogen) atoms. The number of hydrogen-bond donors (Lipinski definition) is 1. The number of nitrogens with one attached hydrogen (secondary N) is 1. The van der Waals surface area contributed by atoms with Crippen molar-refractivity contribution in [2.45, 2.75) is 52.1 Å². The fourth-order valence-electron chi connectivity index (χ4n) is 2.84. The highest BCUT2D eigenvalue weighted by Gasteiger charge is 2.33. The largest absolute Gasteiger partial charge is 0.493 e. The summed E-state index contributed by atoms with van der Waals surface area (Å²) in [7, 11) is 0. The van der Waals surface area contributed by atoms with Gasteiger partial charge in [-0.25, -0.2) is 9.18 Å². The van der Waals surface area contributed by atoms with Gasteiger partial charge in [-0.3, -0.25) is 0 Å². The molecule has 2 aliphatic rings. The van der Waals surface area contributed by atoms with Crippen molar-refractivity contribution in [3.63, 3.8) is 0 Å². The fourth-order valence-corrected chi connectivity index (χ4v) is 2.84. The van der Waals surface area contributed by atoms with Gasteiger partial charge >= 0.3 is 5.97 Å². The highest BCUT2D eigenvalue weighted by molar-refractivity contribution is 5.91. The second-order valence-corrected chi connectivity index (χ2v) is 7.89. The number of ether oxygens (including phenoxy) is 2. The minimum Gasteiger partial charge on any atom is -0.493 e. The maximum Gasteiger partial charge on any atom is 0.341 e. The Morgan fingerprint density at radius 1 is 1.33 bits per heavy atom. The number of hydrogen-bond acceptors (Lipinski definition) is 4. The first-order valence-corrected chi connectivity index (χ1v) is 8.66. The lowest BCUT2D eigenvalue weighted by atomic mass is 9.99. The lowest BCUT2D eigenvalue weighted by Crippen LogP contribution is -2.45. The van der Waals surface area contributed by atoms with Gasteiger partial charge in [-0.05, 0) is 58.1 Å². The Morgan fingerprint density at radius 2 is 2.00 bits per heavy atom. The summed E-state index contributed by atoms with van der Waals surface area (Å²) in [5.41, 5.74) is 0.723. The number of rotatable bonds is 5. The molecular formula is C19H26FNO3. The summed E-state index contributed by atoms with van der Waals surface area (Å²) in [5, 5.41) is 3.20. The number of esters is 1. The molecule has 0 unspecified atom stereocenters. The molecule has 0 aromatic heterocycles. The van der Waals surface area contributed by atoms with E-state index >= 15 is 0 Å². The van der Waals surface area contributed by atoms with Crippen LogP contribution in [0.1, 0.15) is 61.0 Å². The van der Waals surface area contributed by atoms with Gasteiger partial charge < -0.3 is 14.8 Å². The van der Waals surface area contributed by atoms with E-state index in [4.69, 9.17) is 9.47 Å². The van der Waals surface area contributed by atoms with Crippen molar-refractivity contribution in [1.29, 1.82) is 0 Å². The van der Waals surface area contributed by atoms with Crippen LogP contribution in [-0.2, 0) is 4.74 Å². The highest BCUT2D eigenvalue weighted by atomic mass is 19.1. The average molecular weight is 335 g/mol. The van der Waals surface area contributed by atoms with E-state index in [1.807, 2.05) is 0 Å². The van der Waals surface area contributed by atoms with Crippen molar-refractivity contribution in [3.8, 4) is 5.75 Å². The van der Waals surface area contributed by atoms with E-state index in [1.165, 1.54) is 0 Å². The molecule has 1 aliphatic heterocycles. The molecule has 1 aliphatic carbocycles. The summed E-state index contributed by atoms with van der Waals surface area (Å²) >= 11 is 0. The van der Waals surface area contributed by atoms with Crippen molar-refractivity contribution in [1.82, 2.24) is 5.32 Å². The third-order valence-corrected chi connectivity index (χ3v) is 4.43. The number of halogens is 1. The van der Waals surface area contributed by atoms with Crippen LogP contribution in [0.2, 0.25) is 0 Å². The summed E-state index contributed by atoms with van der Waals surface area (Å²) in [4.78, 5) is 12.4. The first kappa shape index (κ1) is 17.2. The second kappa shape index (κ2) is 6.36. The molecular weight excluding hydrogens is 309 g/mol. The van der Waals surface area contributed by atoms with Gasteiger partial charge in [0.2, 0.25) is 0 Å². The molecule has 0 atom stereocenters. The van der Waals surface area contributed by atoms with Gasteiger partial charge in [0.25, 0.3) is 0 Å². The standard InChI is InChI=1S/C19H26FNO3/c1-11-16(20)15(18(22)24-19(2,3)4)7-14(13-5-6-13)17(11)23-10-12-8-21-9-12/h7,12-13,21H,5-6,8-10H2,1-4H3. The topological polar surface area (TPSA) is 47.6 Å². The summed E-state index contributed by atoms with van der Waals surface area (Å²) in [6, 6.07) is 1.64. The third kappa shape index (κ3) is 3.72. The molecule has 0 amide bonds. The Hall–Kier alpha value is -1.62. The quantitative estimate of drug-likeness (QED) is 0.836. The Kier molecular flexibility index (Phi) is 4.56. The molecule has 132 valence electrons.